The smallest absolute Gasteiger partial charge is 0.336 e. The highest BCUT2D eigenvalue weighted by Crippen LogP contribution is 2.15. The molecule has 1 fully saturated rings. The van der Waals surface area contributed by atoms with Crippen LogP contribution in [-0.4, -0.2) is 60.6 Å². The molecule has 116 valence electrons. The third-order valence-electron chi connectivity index (χ3n) is 3.73. The maximum atomic E-state index is 11.8. The summed E-state index contributed by atoms with van der Waals surface area (Å²) in [4.78, 5) is 13.3. The molecule has 1 aliphatic rings. The molecule has 7 heteroatoms. The zero-order chi connectivity index (χ0) is 15.5. The molecule has 1 saturated heterocycles. The number of sulfonamides is 1. The Bertz CT molecular complexity index is 607. The van der Waals surface area contributed by atoms with Gasteiger partial charge in [-0.05, 0) is 18.6 Å². The summed E-state index contributed by atoms with van der Waals surface area (Å²) in [5.41, 5.74) is 1.07. The number of rotatable bonds is 5. The van der Waals surface area contributed by atoms with E-state index in [9.17, 15) is 13.2 Å². The van der Waals surface area contributed by atoms with Crippen molar-refractivity contribution in [3.8, 4) is 0 Å². The predicted octanol–water partition coefficient (Wildman–Crippen LogP) is 0.852. The summed E-state index contributed by atoms with van der Waals surface area (Å²) < 4.78 is 25.1. The molecule has 0 amide bonds. The summed E-state index contributed by atoms with van der Waals surface area (Å²) in [5, 5.41) is 9.17. The van der Waals surface area contributed by atoms with Crippen LogP contribution in [0.5, 0.6) is 0 Å². The number of carbonyl (C=O) groups is 1. The van der Waals surface area contributed by atoms with E-state index < -0.39 is 16.0 Å². The molecule has 1 aliphatic heterocycles. The van der Waals surface area contributed by atoms with Crippen LogP contribution in [0.4, 0.5) is 0 Å². The second-order valence-electron chi connectivity index (χ2n) is 5.04. The van der Waals surface area contributed by atoms with Gasteiger partial charge in [-0.2, -0.15) is 4.31 Å². The molecule has 21 heavy (non-hydrogen) atoms. The molecule has 0 saturated carbocycles. The molecule has 0 radical (unpaired) electrons. The largest absolute Gasteiger partial charge is 0.478 e. The monoisotopic (exact) mass is 312 g/mol. The van der Waals surface area contributed by atoms with E-state index in [0.717, 1.165) is 5.56 Å². The Hall–Kier alpha value is -1.44. The molecule has 1 N–H and O–H groups in total. The third kappa shape index (κ3) is 3.81. The van der Waals surface area contributed by atoms with E-state index in [0.29, 0.717) is 38.3 Å². The standard InChI is InChI=1S/C14H20N2O4S/c1-2-21(19,20)16-9-7-15(8-10-16)11-12-5-3-4-6-13(12)14(17)18/h3-6H,2,7-11H2,1H3,(H,17,18). The summed E-state index contributed by atoms with van der Waals surface area (Å²) >= 11 is 0. The number of hydrogen-bond donors (Lipinski definition) is 1. The molecule has 1 aromatic carbocycles. The first-order chi connectivity index (χ1) is 9.94. The average Bonchev–Trinajstić information content (AvgIpc) is 2.48. The Morgan fingerprint density at radius 2 is 1.81 bits per heavy atom. The van der Waals surface area contributed by atoms with Crippen LogP contribution in [0.3, 0.4) is 0 Å². The van der Waals surface area contributed by atoms with Gasteiger partial charge < -0.3 is 5.11 Å². The summed E-state index contributed by atoms with van der Waals surface area (Å²) in [5.74, 6) is -0.813. The van der Waals surface area contributed by atoms with Gasteiger partial charge in [0.2, 0.25) is 10.0 Å². The predicted molar refractivity (Wildman–Crippen MR) is 79.7 cm³/mol. The Labute approximate surface area is 125 Å². The van der Waals surface area contributed by atoms with Gasteiger partial charge in [-0.25, -0.2) is 13.2 Å². The van der Waals surface area contributed by atoms with Crippen LogP contribution in [0.25, 0.3) is 0 Å². The number of hydrogen-bond acceptors (Lipinski definition) is 4. The highest BCUT2D eigenvalue weighted by atomic mass is 32.2. The fraction of sp³-hybridized carbons (Fsp3) is 0.500. The molecule has 1 heterocycles. The van der Waals surface area contributed by atoms with Crippen molar-refractivity contribution in [1.29, 1.82) is 0 Å². The van der Waals surface area contributed by atoms with Crippen LogP contribution in [0.15, 0.2) is 24.3 Å². The second-order valence-corrected chi connectivity index (χ2v) is 7.30. The Balaban J connectivity index is 2.00. The van der Waals surface area contributed by atoms with Crippen LogP contribution < -0.4 is 0 Å². The van der Waals surface area contributed by atoms with Crippen molar-refractivity contribution in [2.24, 2.45) is 0 Å². The molecule has 2 rings (SSSR count). The summed E-state index contributed by atoms with van der Waals surface area (Å²) in [6.45, 7) is 4.34. The maximum Gasteiger partial charge on any atom is 0.336 e. The van der Waals surface area contributed by atoms with E-state index >= 15 is 0 Å². The van der Waals surface area contributed by atoms with Crippen LogP contribution >= 0.6 is 0 Å². The Morgan fingerprint density at radius 3 is 2.38 bits per heavy atom. The molecular formula is C14H20N2O4S. The van der Waals surface area contributed by atoms with Gasteiger partial charge in [-0.3, -0.25) is 4.90 Å². The molecule has 1 aromatic rings. The Morgan fingerprint density at radius 1 is 1.19 bits per heavy atom. The minimum absolute atomic E-state index is 0.120. The van der Waals surface area contributed by atoms with Crippen molar-refractivity contribution in [3.05, 3.63) is 35.4 Å². The van der Waals surface area contributed by atoms with Crippen LogP contribution in [0.2, 0.25) is 0 Å². The van der Waals surface area contributed by atoms with E-state index in [-0.39, 0.29) is 5.75 Å². The number of carboxylic acid groups (broad SMARTS) is 1. The third-order valence-corrected chi connectivity index (χ3v) is 5.61. The first-order valence-electron chi connectivity index (χ1n) is 6.95. The van der Waals surface area contributed by atoms with Crippen LogP contribution in [0, 0.1) is 0 Å². The maximum absolute atomic E-state index is 11.8. The number of nitrogens with zero attached hydrogens (tertiary/aromatic N) is 2. The minimum atomic E-state index is -3.13. The van der Waals surface area contributed by atoms with Crippen molar-refractivity contribution in [3.63, 3.8) is 0 Å². The summed E-state index contributed by atoms with van der Waals surface area (Å²) in [6.07, 6.45) is 0. The molecule has 0 aliphatic carbocycles. The van der Waals surface area contributed by atoms with Gasteiger partial charge in [-0.15, -0.1) is 0 Å². The van der Waals surface area contributed by atoms with Crippen molar-refractivity contribution in [2.75, 3.05) is 31.9 Å². The highest BCUT2D eigenvalue weighted by Gasteiger charge is 2.25. The lowest BCUT2D eigenvalue weighted by atomic mass is 10.1. The Kier molecular flexibility index (Phi) is 4.97. The molecule has 0 aromatic heterocycles. The fourth-order valence-corrected chi connectivity index (χ4v) is 3.54. The van der Waals surface area contributed by atoms with E-state index in [1.54, 1.807) is 25.1 Å². The van der Waals surface area contributed by atoms with Crippen LogP contribution in [-0.2, 0) is 16.6 Å². The van der Waals surface area contributed by atoms with Gasteiger partial charge >= 0.3 is 5.97 Å². The molecule has 0 atom stereocenters. The summed E-state index contributed by atoms with van der Waals surface area (Å²) in [7, 11) is -3.13. The van der Waals surface area contributed by atoms with E-state index in [1.165, 1.54) is 4.31 Å². The first-order valence-corrected chi connectivity index (χ1v) is 8.56. The highest BCUT2D eigenvalue weighted by molar-refractivity contribution is 7.89. The molecule has 0 spiro atoms. The van der Waals surface area contributed by atoms with Crippen molar-refractivity contribution >= 4 is 16.0 Å². The lowest BCUT2D eigenvalue weighted by Crippen LogP contribution is -2.48. The number of benzene rings is 1. The van der Waals surface area contributed by atoms with E-state index in [1.807, 2.05) is 6.07 Å². The summed E-state index contributed by atoms with van der Waals surface area (Å²) in [6, 6.07) is 6.92. The van der Waals surface area contributed by atoms with Crippen molar-refractivity contribution in [1.82, 2.24) is 9.21 Å². The second kappa shape index (κ2) is 6.55. The zero-order valence-corrected chi connectivity index (χ0v) is 12.8. The average molecular weight is 312 g/mol. The van der Waals surface area contributed by atoms with Gasteiger partial charge in [0.05, 0.1) is 11.3 Å². The van der Waals surface area contributed by atoms with Crippen LogP contribution in [0.1, 0.15) is 22.8 Å². The molecular weight excluding hydrogens is 292 g/mol. The van der Waals surface area contributed by atoms with E-state index in [2.05, 4.69) is 4.90 Å². The SMILES string of the molecule is CCS(=O)(=O)N1CCN(Cc2ccccc2C(=O)O)CC1. The normalized spacial score (nSPS) is 17.8. The molecule has 0 unspecified atom stereocenters. The van der Waals surface area contributed by atoms with E-state index in [4.69, 9.17) is 5.11 Å². The van der Waals surface area contributed by atoms with Gasteiger partial charge in [0.1, 0.15) is 0 Å². The first kappa shape index (κ1) is 15.9. The fourth-order valence-electron chi connectivity index (χ4n) is 2.46. The van der Waals surface area contributed by atoms with Gasteiger partial charge in [0.25, 0.3) is 0 Å². The lowest BCUT2D eigenvalue weighted by Gasteiger charge is -2.34. The van der Waals surface area contributed by atoms with Gasteiger partial charge in [-0.1, -0.05) is 18.2 Å². The van der Waals surface area contributed by atoms with Crippen molar-refractivity contribution < 1.29 is 18.3 Å². The van der Waals surface area contributed by atoms with Gasteiger partial charge in [0, 0.05) is 32.7 Å². The number of piperazine rings is 1. The van der Waals surface area contributed by atoms with Crippen molar-refractivity contribution in [2.45, 2.75) is 13.5 Å². The quantitative estimate of drug-likeness (QED) is 0.872. The molecule has 0 bridgehead atoms. The minimum Gasteiger partial charge on any atom is -0.478 e. The number of aromatic carboxylic acids is 1. The van der Waals surface area contributed by atoms with Gasteiger partial charge in [0.15, 0.2) is 0 Å². The zero-order valence-electron chi connectivity index (χ0n) is 12.0. The lowest BCUT2D eigenvalue weighted by molar-refractivity contribution is 0.0694. The topological polar surface area (TPSA) is 77.9 Å². The molecule has 6 nitrogen and oxygen atoms in total. The number of carboxylic acids is 1.